The fraction of sp³-hybridized carbons (Fsp3) is 1.00. The predicted molar refractivity (Wildman–Crippen MR) is 78.0 cm³/mol. The molecule has 0 aliphatic carbocycles. The average molecular weight is 256 g/mol. The summed E-state index contributed by atoms with van der Waals surface area (Å²) in [6.07, 6.45) is 3.79. The second kappa shape index (κ2) is 7.46. The van der Waals surface area contributed by atoms with Gasteiger partial charge in [-0.15, -0.1) is 0 Å². The molecule has 0 aromatic heterocycles. The van der Waals surface area contributed by atoms with Gasteiger partial charge in [0, 0.05) is 38.9 Å². The van der Waals surface area contributed by atoms with Crippen LogP contribution in [0.2, 0.25) is 0 Å². The Morgan fingerprint density at radius 3 is 2.72 bits per heavy atom. The monoisotopic (exact) mass is 256 g/mol. The van der Waals surface area contributed by atoms with Crippen molar-refractivity contribution in [3.63, 3.8) is 0 Å². The van der Waals surface area contributed by atoms with E-state index in [0.717, 1.165) is 13.0 Å². The van der Waals surface area contributed by atoms with Gasteiger partial charge in [-0.05, 0) is 31.2 Å². The molecule has 1 atom stereocenters. The van der Waals surface area contributed by atoms with E-state index in [1.165, 1.54) is 32.5 Å². The van der Waals surface area contributed by atoms with E-state index in [9.17, 15) is 0 Å². The normalized spacial score (nSPS) is 22.7. The van der Waals surface area contributed by atoms with E-state index in [4.69, 9.17) is 4.74 Å². The van der Waals surface area contributed by atoms with Crippen LogP contribution in [0.15, 0.2) is 0 Å². The Labute approximate surface area is 113 Å². The molecule has 0 spiro atoms. The van der Waals surface area contributed by atoms with Crippen molar-refractivity contribution in [1.82, 2.24) is 10.2 Å². The third kappa shape index (κ3) is 6.17. The van der Waals surface area contributed by atoms with Gasteiger partial charge in [0.15, 0.2) is 0 Å². The van der Waals surface area contributed by atoms with Gasteiger partial charge >= 0.3 is 0 Å². The smallest absolute Gasteiger partial charge is 0.0467 e. The zero-order valence-corrected chi connectivity index (χ0v) is 13.0. The van der Waals surface area contributed by atoms with Crippen LogP contribution in [-0.4, -0.2) is 50.3 Å². The number of likely N-dealkylation sites (tertiary alicyclic amines) is 1. The number of nitrogens with one attached hydrogen (secondary N) is 1. The van der Waals surface area contributed by atoms with Gasteiger partial charge < -0.3 is 15.0 Å². The lowest BCUT2D eigenvalue weighted by atomic mass is 9.88. The highest BCUT2D eigenvalue weighted by atomic mass is 16.5. The molecule has 1 saturated heterocycles. The largest absolute Gasteiger partial charge is 0.385 e. The molecule has 1 fully saturated rings. The molecule has 3 heteroatoms. The first-order chi connectivity index (χ1) is 8.43. The molecule has 0 bridgehead atoms. The average Bonchev–Trinajstić information content (AvgIpc) is 2.25. The van der Waals surface area contributed by atoms with E-state index in [0.29, 0.717) is 17.5 Å². The van der Waals surface area contributed by atoms with Gasteiger partial charge in [-0.1, -0.05) is 27.7 Å². The lowest BCUT2D eigenvalue weighted by Gasteiger charge is -2.38. The standard InChI is InChI=1S/C15H32N2O/c1-13(2)16-14-7-6-9-17(11-14)12-15(3,4)8-10-18-5/h13-14,16H,6-12H2,1-5H3. The fourth-order valence-electron chi connectivity index (χ4n) is 2.87. The molecule has 1 aliphatic heterocycles. The summed E-state index contributed by atoms with van der Waals surface area (Å²) in [7, 11) is 1.79. The van der Waals surface area contributed by atoms with Gasteiger partial charge in [0.1, 0.15) is 0 Å². The Bertz CT molecular complexity index is 229. The summed E-state index contributed by atoms with van der Waals surface area (Å²) in [5.74, 6) is 0. The number of hydrogen-bond acceptors (Lipinski definition) is 3. The molecule has 3 nitrogen and oxygen atoms in total. The van der Waals surface area contributed by atoms with E-state index in [2.05, 4.69) is 37.9 Å². The van der Waals surface area contributed by atoms with Crippen molar-refractivity contribution in [3.05, 3.63) is 0 Å². The molecule has 1 unspecified atom stereocenters. The van der Waals surface area contributed by atoms with E-state index in [1.54, 1.807) is 7.11 Å². The van der Waals surface area contributed by atoms with Gasteiger partial charge in [0.05, 0.1) is 0 Å². The highest BCUT2D eigenvalue weighted by molar-refractivity contribution is 4.83. The van der Waals surface area contributed by atoms with Crippen molar-refractivity contribution in [2.24, 2.45) is 5.41 Å². The molecule has 0 aromatic rings. The number of methoxy groups -OCH3 is 1. The van der Waals surface area contributed by atoms with Crippen LogP contribution in [0.1, 0.15) is 47.0 Å². The van der Waals surface area contributed by atoms with Crippen LogP contribution in [0.4, 0.5) is 0 Å². The number of rotatable bonds is 7. The Morgan fingerprint density at radius 1 is 1.39 bits per heavy atom. The SMILES string of the molecule is COCCC(C)(C)CN1CCCC(NC(C)C)C1. The summed E-state index contributed by atoms with van der Waals surface area (Å²) in [5.41, 5.74) is 0.357. The lowest BCUT2D eigenvalue weighted by Crippen LogP contribution is -2.50. The van der Waals surface area contributed by atoms with Crippen molar-refractivity contribution in [1.29, 1.82) is 0 Å². The molecule has 108 valence electrons. The summed E-state index contributed by atoms with van der Waals surface area (Å²) in [4.78, 5) is 2.62. The van der Waals surface area contributed by atoms with Crippen LogP contribution >= 0.6 is 0 Å². The van der Waals surface area contributed by atoms with Gasteiger partial charge in [0.25, 0.3) is 0 Å². The number of hydrogen-bond donors (Lipinski definition) is 1. The first-order valence-electron chi connectivity index (χ1n) is 7.40. The van der Waals surface area contributed by atoms with Crippen molar-refractivity contribution in [3.8, 4) is 0 Å². The van der Waals surface area contributed by atoms with Gasteiger partial charge in [0.2, 0.25) is 0 Å². The maximum Gasteiger partial charge on any atom is 0.0467 e. The van der Waals surface area contributed by atoms with E-state index in [1.807, 2.05) is 0 Å². The van der Waals surface area contributed by atoms with Crippen LogP contribution in [-0.2, 0) is 4.74 Å². The highest BCUT2D eigenvalue weighted by Gasteiger charge is 2.26. The molecule has 1 aliphatic rings. The minimum Gasteiger partial charge on any atom is -0.385 e. The highest BCUT2D eigenvalue weighted by Crippen LogP contribution is 2.24. The van der Waals surface area contributed by atoms with Gasteiger partial charge in [-0.3, -0.25) is 0 Å². The first-order valence-corrected chi connectivity index (χ1v) is 7.40. The van der Waals surface area contributed by atoms with E-state index < -0.39 is 0 Å². The van der Waals surface area contributed by atoms with Crippen LogP contribution in [0, 0.1) is 5.41 Å². The molecule has 1 N–H and O–H groups in total. The van der Waals surface area contributed by atoms with Crippen LogP contribution < -0.4 is 5.32 Å². The second-order valence-electron chi connectivity index (χ2n) is 6.80. The number of piperidine rings is 1. The Kier molecular flexibility index (Phi) is 6.61. The number of ether oxygens (including phenoxy) is 1. The maximum atomic E-state index is 5.21. The molecule has 18 heavy (non-hydrogen) atoms. The van der Waals surface area contributed by atoms with Crippen LogP contribution in [0.25, 0.3) is 0 Å². The maximum absolute atomic E-state index is 5.21. The Balaban J connectivity index is 2.37. The number of nitrogens with zero attached hydrogens (tertiary/aromatic N) is 1. The third-order valence-corrected chi connectivity index (χ3v) is 3.71. The first kappa shape index (κ1) is 15.9. The molecule has 1 heterocycles. The van der Waals surface area contributed by atoms with Crippen LogP contribution in [0.5, 0.6) is 0 Å². The van der Waals surface area contributed by atoms with E-state index in [-0.39, 0.29) is 0 Å². The van der Waals surface area contributed by atoms with E-state index >= 15 is 0 Å². The van der Waals surface area contributed by atoms with Crippen molar-refractivity contribution in [2.75, 3.05) is 33.4 Å². The fourth-order valence-corrected chi connectivity index (χ4v) is 2.87. The lowest BCUT2D eigenvalue weighted by molar-refractivity contribution is 0.0955. The predicted octanol–water partition coefficient (Wildman–Crippen LogP) is 2.51. The zero-order chi connectivity index (χ0) is 13.6. The zero-order valence-electron chi connectivity index (χ0n) is 13.0. The summed E-state index contributed by atoms with van der Waals surface area (Å²) in [5, 5.41) is 3.67. The summed E-state index contributed by atoms with van der Waals surface area (Å²) in [6.45, 7) is 13.7. The van der Waals surface area contributed by atoms with Crippen molar-refractivity contribution in [2.45, 2.75) is 59.0 Å². The van der Waals surface area contributed by atoms with Crippen molar-refractivity contribution < 1.29 is 4.74 Å². The van der Waals surface area contributed by atoms with Gasteiger partial charge in [-0.2, -0.15) is 0 Å². The molecule has 1 rings (SSSR count). The Hall–Kier alpha value is -0.120. The topological polar surface area (TPSA) is 24.5 Å². The quantitative estimate of drug-likeness (QED) is 0.757. The summed E-state index contributed by atoms with van der Waals surface area (Å²) < 4.78 is 5.21. The second-order valence-corrected chi connectivity index (χ2v) is 6.80. The molecule has 0 aromatic carbocycles. The summed E-state index contributed by atoms with van der Waals surface area (Å²) >= 11 is 0. The minimum absolute atomic E-state index is 0.357. The molecule has 0 amide bonds. The molecule has 0 radical (unpaired) electrons. The summed E-state index contributed by atoms with van der Waals surface area (Å²) in [6, 6.07) is 1.27. The third-order valence-electron chi connectivity index (χ3n) is 3.71. The Morgan fingerprint density at radius 2 is 2.11 bits per heavy atom. The van der Waals surface area contributed by atoms with Gasteiger partial charge in [-0.25, -0.2) is 0 Å². The minimum atomic E-state index is 0.357. The molecular weight excluding hydrogens is 224 g/mol. The molecule has 0 saturated carbocycles. The molecular formula is C15H32N2O. The van der Waals surface area contributed by atoms with Crippen LogP contribution in [0.3, 0.4) is 0 Å². The van der Waals surface area contributed by atoms with Crippen molar-refractivity contribution >= 4 is 0 Å².